The van der Waals surface area contributed by atoms with Crippen molar-refractivity contribution in [3.63, 3.8) is 0 Å². The van der Waals surface area contributed by atoms with E-state index in [1.807, 2.05) is 42.5 Å². The molecule has 2 aromatic rings. The van der Waals surface area contributed by atoms with E-state index < -0.39 is 18.2 Å². The van der Waals surface area contributed by atoms with E-state index in [-0.39, 0.29) is 11.9 Å². The van der Waals surface area contributed by atoms with Crippen LogP contribution >= 0.6 is 0 Å². The molecule has 5 heteroatoms. The highest BCUT2D eigenvalue weighted by Gasteiger charge is 2.35. The quantitative estimate of drug-likeness (QED) is 0.852. The summed E-state index contributed by atoms with van der Waals surface area (Å²) in [6.07, 6.45) is 0.740. The van der Waals surface area contributed by atoms with Gasteiger partial charge in [-0.3, -0.25) is 4.79 Å². The van der Waals surface area contributed by atoms with Crippen LogP contribution in [-0.2, 0) is 20.7 Å². The minimum absolute atomic E-state index is 0.199. The van der Waals surface area contributed by atoms with E-state index in [4.69, 9.17) is 9.47 Å². The van der Waals surface area contributed by atoms with Crippen LogP contribution in [0.4, 0.5) is 0 Å². The summed E-state index contributed by atoms with van der Waals surface area (Å²) in [6, 6.07) is 16.8. The largest absolute Gasteiger partial charge is 0.478 e. The smallest absolute Gasteiger partial charge is 0.348 e. The number of amides is 1. The summed E-state index contributed by atoms with van der Waals surface area (Å²) in [5.41, 5.74) is 1.63. The van der Waals surface area contributed by atoms with E-state index in [2.05, 4.69) is 5.32 Å². The zero-order valence-corrected chi connectivity index (χ0v) is 13.7. The van der Waals surface area contributed by atoms with Crippen molar-refractivity contribution >= 4 is 11.9 Å². The van der Waals surface area contributed by atoms with E-state index in [0.717, 1.165) is 18.4 Å². The zero-order valence-electron chi connectivity index (χ0n) is 13.7. The number of rotatable bonds is 5. The molecule has 1 aliphatic carbocycles. The van der Waals surface area contributed by atoms with Crippen molar-refractivity contribution in [2.45, 2.75) is 37.5 Å². The van der Waals surface area contributed by atoms with Crippen molar-refractivity contribution in [2.24, 2.45) is 0 Å². The van der Waals surface area contributed by atoms with E-state index >= 15 is 0 Å². The molecule has 1 N–H and O–H groups in total. The molecule has 1 aliphatic heterocycles. The Hall–Kier alpha value is -2.82. The van der Waals surface area contributed by atoms with Crippen LogP contribution in [0, 0.1) is 0 Å². The van der Waals surface area contributed by atoms with Gasteiger partial charge in [-0.2, -0.15) is 0 Å². The molecule has 0 radical (unpaired) electrons. The number of hydrogen-bond acceptors (Lipinski definition) is 4. The summed E-state index contributed by atoms with van der Waals surface area (Å²) in [5.74, 6) is -0.100. The molecule has 0 spiro atoms. The molecule has 1 fully saturated rings. The van der Waals surface area contributed by atoms with Crippen LogP contribution in [0.5, 0.6) is 5.75 Å². The van der Waals surface area contributed by atoms with Gasteiger partial charge in [0.1, 0.15) is 5.75 Å². The van der Waals surface area contributed by atoms with Crippen LogP contribution in [-0.4, -0.2) is 24.0 Å². The average molecular weight is 337 g/mol. The lowest BCUT2D eigenvalue weighted by Crippen LogP contribution is -2.36. The summed E-state index contributed by atoms with van der Waals surface area (Å²) in [5, 5.41) is 2.91. The second-order valence-electron chi connectivity index (χ2n) is 6.43. The number of benzene rings is 2. The zero-order chi connectivity index (χ0) is 17.2. The number of esters is 1. The normalized spacial score (nSPS) is 19.4. The van der Waals surface area contributed by atoms with Gasteiger partial charge in [-0.1, -0.05) is 48.5 Å². The molecular formula is C20H19NO4. The Labute approximate surface area is 145 Å². The minimum Gasteiger partial charge on any atom is -0.478 e. The van der Waals surface area contributed by atoms with E-state index in [9.17, 15) is 9.59 Å². The van der Waals surface area contributed by atoms with Crippen LogP contribution < -0.4 is 10.1 Å². The molecule has 1 amide bonds. The Morgan fingerprint density at radius 2 is 1.76 bits per heavy atom. The number of carbonyl (C=O) groups is 2. The van der Waals surface area contributed by atoms with E-state index in [1.165, 1.54) is 0 Å². The predicted octanol–water partition coefficient (Wildman–Crippen LogP) is 2.55. The molecule has 4 rings (SSSR count). The molecule has 0 saturated heterocycles. The Morgan fingerprint density at radius 3 is 2.48 bits per heavy atom. The Bertz CT molecular complexity index is 760. The maximum absolute atomic E-state index is 12.6. The van der Waals surface area contributed by atoms with Gasteiger partial charge in [0, 0.05) is 18.0 Å². The number of para-hydroxylation sites is 1. The highest BCUT2D eigenvalue weighted by atomic mass is 16.6. The fraction of sp³-hybridized carbons (Fsp3) is 0.300. The third-order valence-corrected chi connectivity index (χ3v) is 4.41. The van der Waals surface area contributed by atoms with Crippen molar-refractivity contribution in [2.75, 3.05) is 0 Å². The summed E-state index contributed by atoms with van der Waals surface area (Å²) >= 11 is 0. The van der Waals surface area contributed by atoms with Crippen LogP contribution in [0.3, 0.4) is 0 Å². The molecule has 2 aliphatic rings. The van der Waals surface area contributed by atoms with Crippen molar-refractivity contribution in [1.29, 1.82) is 0 Å². The lowest BCUT2D eigenvalue weighted by molar-refractivity contribution is -0.162. The van der Waals surface area contributed by atoms with Gasteiger partial charge in [-0.25, -0.2) is 4.79 Å². The molecule has 5 nitrogen and oxygen atoms in total. The SMILES string of the molecule is O=C(O[C@@H](C(=O)NC1CC1)c1ccccc1)[C@@H]1Cc2ccccc2O1. The summed E-state index contributed by atoms with van der Waals surface area (Å²) in [6.45, 7) is 0. The molecule has 2 aromatic carbocycles. The van der Waals surface area contributed by atoms with Gasteiger partial charge < -0.3 is 14.8 Å². The summed E-state index contributed by atoms with van der Waals surface area (Å²) < 4.78 is 11.2. The van der Waals surface area contributed by atoms with Gasteiger partial charge in [0.25, 0.3) is 5.91 Å². The molecule has 25 heavy (non-hydrogen) atoms. The number of nitrogens with one attached hydrogen (secondary N) is 1. The number of ether oxygens (including phenoxy) is 2. The maximum Gasteiger partial charge on any atom is 0.348 e. The fourth-order valence-corrected chi connectivity index (χ4v) is 2.91. The fourth-order valence-electron chi connectivity index (χ4n) is 2.91. The highest BCUT2D eigenvalue weighted by molar-refractivity contribution is 5.86. The van der Waals surface area contributed by atoms with Crippen LogP contribution in [0.25, 0.3) is 0 Å². The Morgan fingerprint density at radius 1 is 1.04 bits per heavy atom. The number of carbonyl (C=O) groups excluding carboxylic acids is 2. The Kier molecular flexibility index (Phi) is 4.14. The maximum atomic E-state index is 12.6. The monoisotopic (exact) mass is 337 g/mol. The molecular weight excluding hydrogens is 318 g/mol. The second kappa shape index (κ2) is 6.59. The predicted molar refractivity (Wildman–Crippen MR) is 91.0 cm³/mol. The van der Waals surface area contributed by atoms with E-state index in [1.54, 1.807) is 12.1 Å². The molecule has 1 saturated carbocycles. The van der Waals surface area contributed by atoms with Gasteiger partial charge >= 0.3 is 5.97 Å². The molecule has 2 atom stereocenters. The van der Waals surface area contributed by atoms with Gasteiger partial charge in [0.05, 0.1) is 0 Å². The van der Waals surface area contributed by atoms with Crippen molar-refractivity contribution in [3.05, 3.63) is 65.7 Å². The first kappa shape index (κ1) is 15.7. The van der Waals surface area contributed by atoms with Crippen LogP contribution in [0.2, 0.25) is 0 Å². The number of fused-ring (bicyclic) bond motifs is 1. The molecule has 0 aromatic heterocycles. The van der Waals surface area contributed by atoms with Gasteiger partial charge in [-0.15, -0.1) is 0 Å². The third-order valence-electron chi connectivity index (χ3n) is 4.41. The van der Waals surface area contributed by atoms with Crippen LogP contribution in [0.15, 0.2) is 54.6 Å². The highest BCUT2D eigenvalue weighted by Crippen LogP contribution is 2.30. The molecule has 1 heterocycles. The van der Waals surface area contributed by atoms with Crippen molar-refractivity contribution in [3.8, 4) is 5.75 Å². The standard InChI is InChI=1S/C20H19NO4/c22-19(21-15-10-11-15)18(13-6-2-1-3-7-13)25-20(23)17-12-14-8-4-5-9-16(14)24-17/h1-9,15,17-18H,10-12H2,(H,21,22)/t17-,18+/m0/s1. The lowest BCUT2D eigenvalue weighted by Gasteiger charge is -2.20. The first-order chi connectivity index (χ1) is 12.2. The van der Waals surface area contributed by atoms with Crippen LogP contribution in [0.1, 0.15) is 30.1 Å². The third kappa shape index (κ3) is 3.50. The second-order valence-corrected chi connectivity index (χ2v) is 6.43. The van der Waals surface area contributed by atoms with Crippen molar-refractivity contribution in [1.82, 2.24) is 5.32 Å². The molecule has 0 bridgehead atoms. The Balaban J connectivity index is 1.48. The summed E-state index contributed by atoms with van der Waals surface area (Å²) in [4.78, 5) is 25.1. The van der Waals surface area contributed by atoms with Gasteiger partial charge in [0.15, 0.2) is 6.10 Å². The van der Waals surface area contributed by atoms with E-state index in [0.29, 0.717) is 17.7 Å². The number of hydrogen-bond donors (Lipinski definition) is 1. The summed E-state index contributed by atoms with van der Waals surface area (Å²) in [7, 11) is 0. The van der Waals surface area contributed by atoms with Crippen molar-refractivity contribution < 1.29 is 19.1 Å². The molecule has 0 unspecified atom stereocenters. The lowest BCUT2D eigenvalue weighted by atomic mass is 10.1. The van der Waals surface area contributed by atoms with Gasteiger partial charge in [0.2, 0.25) is 6.10 Å². The topological polar surface area (TPSA) is 64.6 Å². The first-order valence-corrected chi connectivity index (χ1v) is 8.51. The first-order valence-electron chi connectivity index (χ1n) is 8.51. The minimum atomic E-state index is -0.957. The molecule has 128 valence electrons. The average Bonchev–Trinajstić information content (AvgIpc) is 3.34. The van der Waals surface area contributed by atoms with Gasteiger partial charge in [-0.05, 0) is 24.5 Å².